The maximum absolute atomic E-state index is 12.6. The van der Waals surface area contributed by atoms with Gasteiger partial charge in [0.2, 0.25) is 0 Å². The van der Waals surface area contributed by atoms with Gasteiger partial charge in [0.15, 0.2) is 0 Å². The summed E-state index contributed by atoms with van der Waals surface area (Å²) in [6.45, 7) is 4.42. The number of amides is 1. The smallest absolute Gasteiger partial charge is 0.261 e. The fourth-order valence-electron chi connectivity index (χ4n) is 3.03. The first kappa shape index (κ1) is 17.8. The second kappa shape index (κ2) is 7.18. The second-order valence-corrected chi connectivity index (χ2v) is 7.83. The summed E-state index contributed by atoms with van der Waals surface area (Å²) in [7, 11) is 0. The molecule has 2 aromatic heterocycles. The number of carbonyl (C=O) groups excluding carboxylic acids is 1. The van der Waals surface area contributed by atoms with Gasteiger partial charge in [-0.3, -0.25) is 4.79 Å². The predicted molar refractivity (Wildman–Crippen MR) is 111 cm³/mol. The largest absolute Gasteiger partial charge is 0.347 e. The highest BCUT2D eigenvalue weighted by atomic mass is 35.5. The lowest BCUT2D eigenvalue weighted by molar-refractivity contribution is 0.0955. The molecule has 0 saturated heterocycles. The summed E-state index contributed by atoms with van der Waals surface area (Å²) in [6.07, 6.45) is 0. The van der Waals surface area contributed by atoms with Crippen LogP contribution in [0.4, 0.5) is 0 Å². The number of aromatic nitrogens is 2. The van der Waals surface area contributed by atoms with Crippen molar-refractivity contribution in [1.29, 1.82) is 0 Å². The summed E-state index contributed by atoms with van der Waals surface area (Å²) < 4.78 is 1.93. The number of halogens is 1. The molecule has 1 N–H and O–H groups in total. The Bertz CT molecular complexity index is 1150. The monoisotopic (exact) mass is 395 g/mol. The maximum atomic E-state index is 12.6. The SMILES string of the molecule is Cc1ccccc1-n1nc(C)c2cc(C(=O)NCc3ccccc3Cl)sc21. The molecule has 6 heteroatoms. The molecule has 27 heavy (non-hydrogen) atoms. The highest BCUT2D eigenvalue weighted by Crippen LogP contribution is 2.31. The lowest BCUT2D eigenvalue weighted by Crippen LogP contribution is -2.21. The van der Waals surface area contributed by atoms with Crippen LogP contribution in [0.3, 0.4) is 0 Å². The number of thiophene rings is 1. The molecule has 1 amide bonds. The van der Waals surface area contributed by atoms with E-state index in [4.69, 9.17) is 11.6 Å². The minimum atomic E-state index is -0.105. The lowest BCUT2D eigenvalue weighted by atomic mass is 10.2. The molecule has 0 fully saturated rings. The molecule has 0 saturated carbocycles. The summed E-state index contributed by atoms with van der Waals surface area (Å²) >= 11 is 7.62. The molecule has 0 unspecified atom stereocenters. The Balaban J connectivity index is 1.64. The van der Waals surface area contributed by atoms with Gasteiger partial charge in [-0.25, -0.2) is 4.68 Å². The number of fused-ring (bicyclic) bond motifs is 1. The Morgan fingerprint density at radius 3 is 2.67 bits per heavy atom. The predicted octanol–water partition coefficient (Wildman–Crippen LogP) is 5.29. The van der Waals surface area contributed by atoms with E-state index >= 15 is 0 Å². The molecule has 2 aromatic carbocycles. The molecule has 0 bridgehead atoms. The zero-order chi connectivity index (χ0) is 19.0. The molecule has 136 valence electrons. The van der Waals surface area contributed by atoms with Crippen LogP contribution in [0.1, 0.15) is 26.5 Å². The molecule has 2 heterocycles. The first-order valence-electron chi connectivity index (χ1n) is 8.61. The molecule has 4 rings (SSSR count). The van der Waals surface area contributed by atoms with E-state index in [2.05, 4.69) is 23.4 Å². The molecule has 4 nitrogen and oxygen atoms in total. The van der Waals surface area contributed by atoms with E-state index < -0.39 is 0 Å². The van der Waals surface area contributed by atoms with Crippen molar-refractivity contribution in [3.8, 4) is 5.69 Å². The lowest BCUT2D eigenvalue weighted by Gasteiger charge is -2.06. The van der Waals surface area contributed by atoms with Gasteiger partial charge in [0.1, 0.15) is 4.83 Å². The van der Waals surface area contributed by atoms with Crippen molar-refractivity contribution in [3.63, 3.8) is 0 Å². The van der Waals surface area contributed by atoms with Crippen LogP contribution in [-0.2, 0) is 6.54 Å². The molecular formula is C21H18ClN3OS. The molecule has 0 aliphatic heterocycles. The number of carbonyl (C=O) groups is 1. The highest BCUT2D eigenvalue weighted by molar-refractivity contribution is 7.20. The van der Waals surface area contributed by atoms with Gasteiger partial charge in [0.05, 0.1) is 16.3 Å². The van der Waals surface area contributed by atoms with E-state index in [9.17, 15) is 4.79 Å². The molecule has 0 spiro atoms. The van der Waals surface area contributed by atoms with Crippen molar-refractivity contribution in [1.82, 2.24) is 15.1 Å². The minimum absolute atomic E-state index is 0.105. The van der Waals surface area contributed by atoms with E-state index in [1.54, 1.807) is 0 Å². The first-order chi connectivity index (χ1) is 13.0. The Labute approximate surface area is 166 Å². The van der Waals surface area contributed by atoms with Crippen LogP contribution in [0.15, 0.2) is 54.6 Å². The Hall–Kier alpha value is -2.63. The van der Waals surface area contributed by atoms with Crippen molar-refractivity contribution in [2.75, 3.05) is 0 Å². The van der Waals surface area contributed by atoms with Gasteiger partial charge in [0.25, 0.3) is 5.91 Å². The summed E-state index contributed by atoms with van der Waals surface area (Å²) in [5.41, 5.74) is 3.98. The standard InChI is InChI=1S/C21H18ClN3OS/c1-13-7-3-6-10-18(13)25-21-16(14(2)24-25)11-19(27-21)20(26)23-12-15-8-4-5-9-17(15)22/h3-11H,12H2,1-2H3,(H,23,26). The average Bonchev–Trinajstić information content (AvgIpc) is 3.22. The summed E-state index contributed by atoms with van der Waals surface area (Å²) in [6, 6.07) is 17.5. The van der Waals surface area contributed by atoms with Crippen molar-refractivity contribution in [2.45, 2.75) is 20.4 Å². The van der Waals surface area contributed by atoms with E-state index in [0.29, 0.717) is 16.4 Å². The Kier molecular flexibility index (Phi) is 4.72. The number of aryl methyl sites for hydroxylation is 2. The van der Waals surface area contributed by atoms with E-state index in [0.717, 1.165) is 32.7 Å². The third-order valence-electron chi connectivity index (χ3n) is 4.51. The number of nitrogens with zero attached hydrogens (tertiary/aromatic N) is 2. The van der Waals surface area contributed by atoms with Gasteiger partial charge >= 0.3 is 0 Å². The van der Waals surface area contributed by atoms with Crippen molar-refractivity contribution >= 4 is 39.1 Å². The first-order valence-corrected chi connectivity index (χ1v) is 9.81. The number of nitrogens with one attached hydrogen (secondary N) is 1. The van der Waals surface area contributed by atoms with Crippen LogP contribution in [-0.4, -0.2) is 15.7 Å². The van der Waals surface area contributed by atoms with Gasteiger partial charge in [0, 0.05) is 17.0 Å². The number of benzene rings is 2. The summed E-state index contributed by atoms with van der Waals surface area (Å²) in [4.78, 5) is 14.3. The zero-order valence-electron chi connectivity index (χ0n) is 15.0. The quantitative estimate of drug-likeness (QED) is 0.510. The van der Waals surface area contributed by atoms with Crippen LogP contribution < -0.4 is 5.32 Å². The van der Waals surface area contributed by atoms with E-state index in [-0.39, 0.29) is 5.91 Å². The van der Waals surface area contributed by atoms with E-state index in [1.807, 2.05) is 60.1 Å². The van der Waals surface area contributed by atoms with Gasteiger partial charge in [-0.1, -0.05) is 48.0 Å². The molecule has 4 aromatic rings. The highest BCUT2D eigenvalue weighted by Gasteiger charge is 2.18. The molecule has 0 atom stereocenters. The number of rotatable bonds is 4. The average molecular weight is 396 g/mol. The minimum Gasteiger partial charge on any atom is -0.347 e. The van der Waals surface area contributed by atoms with Crippen LogP contribution in [0.2, 0.25) is 5.02 Å². The van der Waals surface area contributed by atoms with E-state index in [1.165, 1.54) is 11.3 Å². The topological polar surface area (TPSA) is 46.9 Å². The fourth-order valence-corrected chi connectivity index (χ4v) is 4.32. The van der Waals surface area contributed by atoms with Gasteiger partial charge in [-0.15, -0.1) is 11.3 Å². The van der Waals surface area contributed by atoms with Gasteiger partial charge in [-0.2, -0.15) is 5.10 Å². The van der Waals surface area contributed by atoms with Crippen LogP contribution in [0.5, 0.6) is 0 Å². The van der Waals surface area contributed by atoms with Crippen LogP contribution in [0, 0.1) is 13.8 Å². The molecule has 0 aliphatic rings. The summed E-state index contributed by atoms with van der Waals surface area (Å²) in [5.74, 6) is -0.105. The Morgan fingerprint density at radius 2 is 1.89 bits per heavy atom. The third kappa shape index (κ3) is 3.36. The zero-order valence-corrected chi connectivity index (χ0v) is 16.6. The van der Waals surface area contributed by atoms with Gasteiger partial charge < -0.3 is 5.32 Å². The number of hydrogen-bond donors (Lipinski definition) is 1. The third-order valence-corrected chi connectivity index (χ3v) is 5.99. The fraction of sp³-hybridized carbons (Fsp3) is 0.143. The van der Waals surface area contributed by atoms with Crippen molar-refractivity contribution < 1.29 is 4.79 Å². The Morgan fingerprint density at radius 1 is 1.15 bits per heavy atom. The second-order valence-electron chi connectivity index (χ2n) is 6.39. The van der Waals surface area contributed by atoms with Gasteiger partial charge in [-0.05, 0) is 43.2 Å². The van der Waals surface area contributed by atoms with Crippen LogP contribution >= 0.6 is 22.9 Å². The number of para-hydroxylation sites is 1. The normalized spacial score (nSPS) is 11.1. The molecular weight excluding hydrogens is 378 g/mol. The maximum Gasteiger partial charge on any atom is 0.261 e. The van der Waals surface area contributed by atoms with Crippen LogP contribution in [0.25, 0.3) is 15.9 Å². The van der Waals surface area contributed by atoms with Crippen molar-refractivity contribution in [3.05, 3.63) is 81.3 Å². The molecule has 0 radical (unpaired) electrons. The molecule has 0 aliphatic carbocycles. The summed E-state index contributed by atoms with van der Waals surface area (Å²) in [5, 5.41) is 9.28. The number of hydrogen-bond acceptors (Lipinski definition) is 3. The van der Waals surface area contributed by atoms with Crippen molar-refractivity contribution in [2.24, 2.45) is 0 Å².